The predicted octanol–water partition coefficient (Wildman–Crippen LogP) is 3.79. The van der Waals surface area contributed by atoms with Gasteiger partial charge in [0.25, 0.3) is 0 Å². The Balaban J connectivity index is 1.82. The average Bonchev–Trinajstić information content (AvgIpc) is 2.46. The summed E-state index contributed by atoms with van der Waals surface area (Å²) in [6.45, 7) is 0. The van der Waals surface area contributed by atoms with Crippen LogP contribution in [0.2, 0.25) is 5.15 Å². The number of nitrogens with zero attached hydrogens (tertiary/aromatic N) is 1. The highest BCUT2D eigenvalue weighted by Gasteiger charge is 2.26. The molecule has 3 nitrogen and oxygen atoms in total. The van der Waals surface area contributed by atoms with Crippen LogP contribution in [0.5, 0.6) is 0 Å². The zero-order valence-electron chi connectivity index (χ0n) is 11.0. The van der Waals surface area contributed by atoms with Gasteiger partial charge in [-0.3, -0.25) is 4.79 Å². The van der Waals surface area contributed by atoms with Crippen LogP contribution in [0.15, 0.2) is 42.6 Å². The van der Waals surface area contributed by atoms with Gasteiger partial charge in [-0.05, 0) is 42.5 Å². The number of hydrogen-bond donors (Lipinski definition) is 1. The molecule has 1 N–H and O–H groups in total. The van der Waals surface area contributed by atoms with Crippen LogP contribution in [0.4, 0.5) is 5.69 Å². The summed E-state index contributed by atoms with van der Waals surface area (Å²) in [7, 11) is 0. The molecule has 102 valence electrons. The second-order valence-electron chi connectivity index (χ2n) is 5.00. The van der Waals surface area contributed by atoms with Crippen molar-refractivity contribution in [2.45, 2.75) is 25.2 Å². The summed E-state index contributed by atoms with van der Waals surface area (Å²) in [6, 6.07) is 11.6. The van der Waals surface area contributed by atoms with E-state index in [-0.39, 0.29) is 11.8 Å². The Bertz CT molecular complexity index is 642. The number of carbonyl (C=O) groups is 1. The second kappa shape index (κ2) is 5.63. The molecule has 1 aromatic heterocycles. The molecular weight excluding hydrogens is 272 g/mol. The highest BCUT2D eigenvalue weighted by molar-refractivity contribution is 6.29. The van der Waals surface area contributed by atoms with Gasteiger partial charge in [-0.1, -0.05) is 35.9 Å². The number of aromatic nitrogens is 1. The van der Waals surface area contributed by atoms with Crippen LogP contribution in [-0.2, 0) is 11.2 Å². The number of fused-ring (bicyclic) bond motifs is 1. The minimum absolute atomic E-state index is 0.0272. The first-order valence-electron chi connectivity index (χ1n) is 6.74. The number of halogens is 1. The number of benzene rings is 1. The lowest BCUT2D eigenvalue weighted by atomic mass is 9.82. The number of carbonyl (C=O) groups excluding carboxylic acids is 1. The van der Waals surface area contributed by atoms with Crippen LogP contribution in [0, 0.1) is 0 Å². The molecule has 1 aliphatic rings. The van der Waals surface area contributed by atoms with E-state index in [0.717, 1.165) is 24.8 Å². The zero-order chi connectivity index (χ0) is 13.9. The number of rotatable bonds is 2. The Hall–Kier alpha value is -1.87. The quantitative estimate of drug-likeness (QED) is 0.853. The highest BCUT2D eigenvalue weighted by Crippen LogP contribution is 2.32. The van der Waals surface area contributed by atoms with E-state index < -0.39 is 0 Å². The summed E-state index contributed by atoms with van der Waals surface area (Å²) in [5.41, 5.74) is 3.13. The van der Waals surface area contributed by atoms with E-state index in [0.29, 0.717) is 10.8 Å². The van der Waals surface area contributed by atoms with Gasteiger partial charge in [0.2, 0.25) is 5.91 Å². The van der Waals surface area contributed by atoms with Gasteiger partial charge in [0, 0.05) is 11.9 Å². The fraction of sp³-hybridized carbons (Fsp3) is 0.250. The fourth-order valence-electron chi connectivity index (χ4n) is 2.74. The molecular formula is C16H15ClN2O. The molecule has 0 fully saturated rings. The topological polar surface area (TPSA) is 42.0 Å². The molecule has 1 atom stereocenters. The van der Waals surface area contributed by atoms with E-state index in [1.807, 2.05) is 12.1 Å². The molecule has 0 spiro atoms. The van der Waals surface area contributed by atoms with Crippen LogP contribution < -0.4 is 5.32 Å². The molecule has 0 radical (unpaired) electrons. The maximum Gasteiger partial charge on any atom is 0.231 e. The minimum atomic E-state index is -0.0770. The van der Waals surface area contributed by atoms with Gasteiger partial charge in [-0.25, -0.2) is 4.98 Å². The van der Waals surface area contributed by atoms with Crippen molar-refractivity contribution in [2.75, 3.05) is 5.32 Å². The summed E-state index contributed by atoms with van der Waals surface area (Å²) in [6.07, 6.45) is 4.58. The molecule has 0 bridgehead atoms. The van der Waals surface area contributed by atoms with E-state index in [1.165, 1.54) is 5.56 Å². The van der Waals surface area contributed by atoms with Gasteiger partial charge in [-0.2, -0.15) is 0 Å². The van der Waals surface area contributed by atoms with Crippen molar-refractivity contribution in [1.29, 1.82) is 0 Å². The Morgan fingerprint density at radius 1 is 1.30 bits per heavy atom. The van der Waals surface area contributed by atoms with Crippen LogP contribution in [0.25, 0.3) is 0 Å². The minimum Gasteiger partial charge on any atom is -0.325 e. The SMILES string of the molecule is O=C(Nc1ccnc(Cl)c1)C1CCCc2ccccc21. The predicted molar refractivity (Wildman–Crippen MR) is 80.0 cm³/mol. The Kier molecular flexibility index (Phi) is 3.70. The van der Waals surface area contributed by atoms with Crippen LogP contribution in [0.1, 0.15) is 29.9 Å². The van der Waals surface area contributed by atoms with E-state index in [4.69, 9.17) is 11.6 Å². The van der Waals surface area contributed by atoms with Crippen molar-refractivity contribution >= 4 is 23.2 Å². The third kappa shape index (κ3) is 2.68. The molecule has 4 heteroatoms. The van der Waals surface area contributed by atoms with Crippen molar-refractivity contribution in [1.82, 2.24) is 4.98 Å². The van der Waals surface area contributed by atoms with E-state index in [9.17, 15) is 4.79 Å². The lowest BCUT2D eigenvalue weighted by Gasteiger charge is -2.24. The normalized spacial score (nSPS) is 17.4. The summed E-state index contributed by atoms with van der Waals surface area (Å²) < 4.78 is 0. The molecule has 0 saturated carbocycles. The van der Waals surface area contributed by atoms with E-state index >= 15 is 0 Å². The molecule has 1 amide bonds. The smallest absolute Gasteiger partial charge is 0.231 e. The summed E-state index contributed by atoms with van der Waals surface area (Å²) in [5.74, 6) is -0.0497. The first kappa shape index (κ1) is 13.1. The molecule has 1 unspecified atom stereocenters. The maximum atomic E-state index is 12.5. The van der Waals surface area contributed by atoms with Crippen molar-refractivity contribution in [3.05, 3.63) is 58.9 Å². The van der Waals surface area contributed by atoms with Gasteiger partial charge in [-0.15, -0.1) is 0 Å². The molecule has 0 saturated heterocycles. The van der Waals surface area contributed by atoms with Crippen molar-refractivity contribution in [3.8, 4) is 0 Å². The van der Waals surface area contributed by atoms with Crippen LogP contribution in [-0.4, -0.2) is 10.9 Å². The molecule has 1 aliphatic carbocycles. The van der Waals surface area contributed by atoms with Crippen LogP contribution >= 0.6 is 11.6 Å². The Labute approximate surface area is 123 Å². The molecule has 1 aromatic carbocycles. The number of amides is 1. The third-order valence-electron chi connectivity index (χ3n) is 3.68. The zero-order valence-corrected chi connectivity index (χ0v) is 11.7. The standard InChI is InChI=1S/C16H15ClN2O/c17-15-10-12(8-9-18-15)19-16(20)14-7-3-5-11-4-1-2-6-13(11)14/h1-2,4,6,8-10,14H,3,5,7H2,(H,18,19,20). The first-order valence-corrected chi connectivity index (χ1v) is 7.12. The number of anilines is 1. The summed E-state index contributed by atoms with van der Waals surface area (Å²) in [4.78, 5) is 16.4. The Morgan fingerprint density at radius 2 is 2.15 bits per heavy atom. The van der Waals surface area contributed by atoms with E-state index in [2.05, 4.69) is 22.4 Å². The summed E-state index contributed by atoms with van der Waals surface area (Å²) >= 11 is 5.83. The largest absolute Gasteiger partial charge is 0.325 e. The second-order valence-corrected chi connectivity index (χ2v) is 5.39. The van der Waals surface area contributed by atoms with Crippen molar-refractivity contribution < 1.29 is 4.79 Å². The van der Waals surface area contributed by atoms with Crippen molar-refractivity contribution in [3.63, 3.8) is 0 Å². The van der Waals surface area contributed by atoms with Gasteiger partial charge >= 0.3 is 0 Å². The fourth-order valence-corrected chi connectivity index (χ4v) is 2.91. The van der Waals surface area contributed by atoms with E-state index in [1.54, 1.807) is 18.3 Å². The Morgan fingerprint density at radius 3 is 3.00 bits per heavy atom. The number of nitrogens with one attached hydrogen (secondary N) is 1. The third-order valence-corrected chi connectivity index (χ3v) is 3.89. The molecule has 2 aromatic rings. The molecule has 0 aliphatic heterocycles. The number of aryl methyl sites for hydroxylation is 1. The number of hydrogen-bond acceptors (Lipinski definition) is 2. The lowest BCUT2D eigenvalue weighted by Crippen LogP contribution is -2.24. The van der Waals surface area contributed by atoms with Crippen molar-refractivity contribution in [2.24, 2.45) is 0 Å². The number of pyridine rings is 1. The highest BCUT2D eigenvalue weighted by atomic mass is 35.5. The van der Waals surface area contributed by atoms with Gasteiger partial charge in [0.1, 0.15) is 5.15 Å². The molecule has 20 heavy (non-hydrogen) atoms. The summed E-state index contributed by atoms with van der Waals surface area (Å²) in [5, 5.41) is 3.31. The molecule has 3 rings (SSSR count). The van der Waals surface area contributed by atoms with Gasteiger partial charge in [0.15, 0.2) is 0 Å². The van der Waals surface area contributed by atoms with Crippen LogP contribution in [0.3, 0.4) is 0 Å². The first-order chi connectivity index (χ1) is 9.74. The molecule has 1 heterocycles. The van der Waals surface area contributed by atoms with Gasteiger partial charge < -0.3 is 5.32 Å². The van der Waals surface area contributed by atoms with Gasteiger partial charge in [0.05, 0.1) is 5.92 Å². The average molecular weight is 287 g/mol. The maximum absolute atomic E-state index is 12.5. The lowest BCUT2D eigenvalue weighted by molar-refractivity contribution is -0.117. The monoisotopic (exact) mass is 286 g/mol.